The van der Waals surface area contributed by atoms with E-state index in [1.54, 1.807) is 22.2 Å². The zero-order chi connectivity index (χ0) is 13.2. The van der Waals surface area contributed by atoms with E-state index in [1.165, 1.54) is 20.5 Å². The van der Waals surface area contributed by atoms with Crippen molar-refractivity contribution in [1.29, 1.82) is 0 Å². The molecule has 4 nitrogen and oxygen atoms in total. The van der Waals surface area contributed by atoms with Gasteiger partial charge in [-0.05, 0) is 11.5 Å². The first-order chi connectivity index (χ1) is 9.28. The van der Waals surface area contributed by atoms with Crippen molar-refractivity contribution in [2.75, 3.05) is 0 Å². The molecule has 3 rings (SSSR count). The van der Waals surface area contributed by atoms with Crippen LogP contribution in [0.15, 0.2) is 36.7 Å². The van der Waals surface area contributed by atoms with Crippen LogP contribution in [0.5, 0.6) is 5.75 Å². The first-order valence-electron chi connectivity index (χ1n) is 6.08. The summed E-state index contributed by atoms with van der Waals surface area (Å²) in [6.07, 6.45) is 3.58. The minimum atomic E-state index is 0.530. The molecule has 0 spiro atoms. The van der Waals surface area contributed by atoms with Gasteiger partial charge in [-0.3, -0.25) is 4.68 Å². The zero-order valence-corrected chi connectivity index (χ0v) is 11.5. The van der Waals surface area contributed by atoms with E-state index < -0.39 is 0 Å². The van der Waals surface area contributed by atoms with E-state index in [0.29, 0.717) is 13.2 Å². The highest BCUT2D eigenvalue weighted by atomic mass is 32.1. The molecule has 0 aliphatic heterocycles. The average Bonchev–Trinajstić information content (AvgIpc) is 2.99. The fourth-order valence-corrected chi connectivity index (χ4v) is 3.19. The van der Waals surface area contributed by atoms with Crippen molar-refractivity contribution in [3.8, 4) is 5.75 Å². The monoisotopic (exact) mass is 273 g/mol. The summed E-state index contributed by atoms with van der Waals surface area (Å²) in [7, 11) is 1.87. The van der Waals surface area contributed by atoms with Crippen molar-refractivity contribution in [1.82, 2.24) is 9.78 Å². The first-order valence-corrected chi connectivity index (χ1v) is 6.90. The molecule has 2 heterocycles. The van der Waals surface area contributed by atoms with Crippen LogP contribution in [-0.4, -0.2) is 9.78 Å². The number of nitrogens with two attached hydrogens (primary N) is 1. The summed E-state index contributed by atoms with van der Waals surface area (Å²) in [5, 5.41) is 5.32. The van der Waals surface area contributed by atoms with Gasteiger partial charge in [-0.15, -0.1) is 11.3 Å². The van der Waals surface area contributed by atoms with Crippen molar-refractivity contribution in [3.05, 3.63) is 47.1 Å². The Hall–Kier alpha value is -1.85. The van der Waals surface area contributed by atoms with Crippen molar-refractivity contribution in [3.63, 3.8) is 0 Å². The predicted octanol–water partition coefficient (Wildman–Crippen LogP) is 2.67. The molecule has 3 aromatic rings. The van der Waals surface area contributed by atoms with Crippen LogP contribution in [0.1, 0.15) is 10.4 Å². The van der Waals surface area contributed by atoms with Gasteiger partial charge >= 0.3 is 0 Å². The molecule has 2 aromatic heterocycles. The molecule has 0 unspecified atom stereocenters. The zero-order valence-electron chi connectivity index (χ0n) is 10.7. The lowest BCUT2D eigenvalue weighted by molar-refractivity contribution is 0.307. The summed E-state index contributed by atoms with van der Waals surface area (Å²) in [6, 6.07) is 8.33. The summed E-state index contributed by atoms with van der Waals surface area (Å²) in [5.74, 6) is 0.778. The second-order valence-electron chi connectivity index (χ2n) is 4.34. The molecule has 0 aliphatic carbocycles. The number of nitrogens with zero attached hydrogens (tertiary/aromatic N) is 2. The molecule has 0 radical (unpaired) electrons. The number of rotatable bonds is 4. The van der Waals surface area contributed by atoms with Crippen LogP contribution in [0.2, 0.25) is 0 Å². The number of fused-ring (bicyclic) bond motifs is 1. The smallest absolute Gasteiger partial charge is 0.157 e. The fourth-order valence-electron chi connectivity index (χ4n) is 2.10. The lowest BCUT2D eigenvalue weighted by Crippen LogP contribution is -2.01. The van der Waals surface area contributed by atoms with Crippen LogP contribution in [0.4, 0.5) is 0 Å². The summed E-state index contributed by atoms with van der Waals surface area (Å²) in [5.41, 5.74) is 7.01. The van der Waals surface area contributed by atoms with Crippen molar-refractivity contribution < 1.29 is 4.74 Å². The normalized spacial score (nSPS) is 11.1. The molecule has 0 bridgehead atoms. The topological polar surface area (TPSA) is 53.1 Å². The number of hydrogen-bond acceptors (Lipinski definition) is 4. The molecule has 0 saturated heterocycles. The number of aryl methyl sites for hydroxylation is 1. The van der Waals surface area contributed by atoms with Gasteiger partial charge in [-0.25, -0.2) is 0 Å². The third-order valence-corrected chi connectivity index (χ3v) is 4.27. The summed E-state index contributed by atoms with van der Waals surface area (Å²) in [6.45, 7) is 1.08. The Morgan fingerprint density at radius 3 is 2.95 bits per heavy atom. The van der Waals surface area contributed by atoms with Gasteiger partial charge in [-0.2, -0.15) is 5.10 Å². The van der Waals surface area contributed by atoms with Gasteiger partial charge in [0.25, 0.3) is 0 Å². The quantitative estimate of drug-likeness (QED) is 0.795. The standard InChI is InChI=1S/C14H15N3OS/c1-17-8-10(7-16-17)18-9-12-11-4-2-3-5-13(11)19-14(12)6-15/h2-5,7-8H,6,9,15H2,1H3. The molecule has 19 heavy (non-hydrogen) atoms. The van der Waals surface area contributed by atoms with Crippen LogP contribution in [-0.2, 0) is 20.2 Å². The molecule has 2 N–H and O–H groups in total. The van der Waals surface area contributed by atoms with E-state index in [-0.39, 0.29) is 0 Å². The largest absolute Gasteiger partial charge is 0.486 e. The molecule has 0 fully saturated rings. The number of aromatic nitrogens is 2. The second-order valence-corrected chi connectivity index (χ2v) is 5.48. The van der Waals surface area contributed by atoms with Crippen LogP contribution < -0.4 is 10.5 Å². The predicted molar refractivity (Wildman–Crippen MR) is 77.3 cm³/mol. The maximum Gasteiger partial charge on any atom is 0.157 e. The molecular weight excluding hydrogens is 258 g/mol. The minimum Gasteiger partial charge on any atom is -0.486 e. The summed E-state index contributed by atoms with van der Waals surface area (Å²) >= 11 is 1.74. The van der Waals surface area contributed by atoms with Gasteiger partial charge < -0.3 is 10.5 Å². The van der Waals surface area contributed by atoms with Gasteiger partial charge in [0.2, 0.25) is 0 Å². The number of thiophene rings is 1. The fraction of sp³-hybridized carbons (Fsp3) is 0.214. The highest BCUT2D eigenvalue weighted by Crippen LogP contribution is 2.31. The minimum absolute atomic E-state index is 0.530. The van der Waals surface area contributed by atoms with Gasteiger partial charge in [-0.1, -0.05) is 18.2 Å². The van der Waals surface area contributed by atoms with Gasteiger partial charge in [0.15, 0.2) is 5.75 Å². The lowest BCUT2D eigenvalue weighted by Gasteiger charge is -2.04. The van der Waals surface area contributed by atoms with E-state index in [1.807, 2.05) is 25.4 Å². The van der Waals surface area contributed by atoms with Gasteiger partial charge in [0.05, 0.1) is 12.4 Å². The third-order valence-electron chi connectivity index (χ3n) is 3.03. The van der Waals surface area contributed by atoms with Crippen LogP contribution in [0.25, 0.3) is 10.1 Å². The number of hydrogen-bond donors (Lipinski definition) is 1. The third kappa shape index (κ3) is 2.34. The molecule has 98 valence electrons. The maximum absolute atomic E-state index is 5.83. The molecular formula is C14H15N3OS. The van der Waals surface area contributed by atoms with Crippen LogP contribution in [0, 0.1) is 0 Å². The Balaban J connectivity index is 1.90. The number of benzene rings is 1. The molecule has 5 heteroatoms. The Bertz CT molecular complexity index is 702. The Kier molecular flexibility index (Phi) is 3.23. The maximum atomic E-state index is 5.83. The molecule has 0 atom stereocenters. The highest BCUT2D eigenvalue weighted by molar-refractivity contribution is 7.19. The molecule has 0 saturated carbocycles. The van der Waals surface area contributed by atoms with Crippen molar-refractivity contribution in [2.45, 2.75) is 13.2 Å². The molecule has 0 amide bonds. The van der Waals surface area contributed by atoms with Crippen LogP contribution >= 0.6 is 11.3 Å². The Labute approximate surface area is 115 Å². The summed E-state index contributed by atoms with van der Waals surface area (Å²) in [4.78, 5) is 1.19. The van der Waals surface area contributed by atoms with E-state index in [4.69, 9.17) is 10.5 Å². The van der Waals surface area contributed by atoms with E-state index in [0.717, 1.165) is 5.75 Å². The Morgan fingerprint density at radius 1 is 1.37 bits per heavy atom. The molecule has 1 aromatic carbocycles. The lowest BCUT2D eigenvalue weighted by atomic mass is 10.1. The number of ether oxygens (including phenoxy) is 1. The van der Waals surface area contributed by atoms with Gasteiger partial charge in [0, 0.05) is 28.7 Å². The summed E-state index contributed by atoms with van der Waals surface area (Å²) < 4.78 is 8.77. The average molecular weight is 273 g/mol. The van der Waals surface area contributed by atoms with Crippen molar-refractivity contribution in [2.24, 2.45) is 12.8 Å². The van der Waals surface area contributed by atoms with Gasteiger partial charge in [0.1, 0.15) is 6.61 Å². The SMILES string of the molecule is Cn1cc(OCc2c(CN)sc3ccccc23)cn1. The van der Waals surface area contributed by atoms with Crippen LogP contribution in [0.3, 0.4) is 0 Å². The highest BCUT2D eigenvalue weighted by Gasteiger charge is 2.11. The van der Waals surface area contributed by atoms with E-state index >= 15 is 0 Å². The Morgan fingerprint density at radius 2 is 2.21 bits per heavy atom. The van der Waals surface area contributed by atoms with Crippen molar-refractivity contribution >= 4 is 21.4 Å². The molecule has 0 aliphatic rings. The first kappa shape index (κ1) is 12.2. The van der Waals surface area contributed by atoms with E-state index in [2.05, 4.69) is 17.2 Å². The second kappa shape index (κ2) is 5.03. The van der Waals surface area contributed by atoms with E-state index in [9.17, 15) is 0 Å².